The Morgan fingerprint density at radius 2 is 1.88 bits per heavy atom. The van der Waals surface area contributed by atoms with Crippen molar-refractivity contribution in [2.45, 2.75) is 42.9 Å². The molecule has 0 saturated heterocycles. The van der Waals surface area contributed by atoms with E-state index in [2.05, 4.69) is 6.08 Å². The van der Waals surface area contributed by atoms with Crippen molar-refractivity contribution in [1.29, 1.82) is 0 Å². The molecule has 2 aliphatic rings. The van der Waals surface area contributed by atoms with Crippen LogP contribution < -0.4 is 0 Å². The normalized spacial score (nSPS) is 33.3. The molecule has 0 heterocycles. The summed E-state index contributed by atoms with van der Waals surface area (Å²) in [5, 5.41) is 0. The van der Waals surface area contributed by atoms with E-state index in [0.29, 0.717) is 5.92 Å². The van der Waals surface area contributed by atoms with Crippen LogP contribution in [-0.2, 0) is 4.74 Å². The van der Waals surface area contributed by atoms with Crippen molar-refractivity contribution in [3.63, 3.8) is 0 Å². The summed E-state index contributed by atoms with van der Waals surface area (Å²) >= 11 is 6.75. The van der Waals surface area contributed by atoms with Crippen LogP contribution in [0.15, 0.2) is 54.4 Å². The number of rotatable bonds is 5. The van der Waals surface area contributed by atoms with Gasteiger partial charge in [0.05, 0.1) is 0 Å². The number of allylic oxidation sites excluding steroid dienone is 4. The van der Waals surface area contributed by atoms with Gasteiger partial charge in [0.2, 0.25) is 0 Å². The van der Waals surface area contributed by atoms with Crippen LogP contribution in [0.1, 0.15) is 43.6 Å². The first-order valence-electron chi connectivity index (χ1n) is 8.93. The smallest absolute Gasteiger partial charge is 0.122 e. The molecule has 2 atom stereocenters. The third-order valence-corrected chi connectivity index (χ3v) is 6.21. The van der Waals surface area contributed by atoms with Gasteiger partial charge in [-0.1, -0.05) is 55.3 Å². The van der Waals surface area contributed by atoms with Gasteiger partial charge < -0.3 is 4.74 Å². The van der Waals surface area contributed by atoms with Crippen molar-refractivity contribution < 1.29 is 9.13 Å². The Morgan fingerprint density at radius 3 is 2.50 bits per heavy atom. The van der Waals surface area contributed by atoms with Crippen LogP contribution >= 0.6 is 11.6 Å². The molecular weight excluding hydrogens is 323 g/mol. The lowest BCUT2D eigenvalue weighted by molar-refractivity contribution is 0.152. The van der Waals surface area contributed by atoms with Gasteiger partial charge in [0.15, 0.2) is 0 Å². The number of benzene rings is 1. The van der Waals surface area contributed by atoms with E-state index in [-0.39, 0.29) is 17.7 Å². The maximum absolute atomic E-state index is 14.9. The summed E-state index contributed by atoms with van der Waals surface area (Å²) in [4.78, 5) is -0.947. The van der Waals surface area contributed by atoms with E-state index < -0.39 is 4.87 Å². The molecular formula is C21H26ClFO. The van der Waals surface area contributed by atoms with Crippen molar-refractivity contribution in [2.75, 3.05) is 13.7 Å². The third kappa shape index (κ3) is 3.75. The van der Waals surface area contributed by atoms with Crippen LogP contribution in [0, 0.1) is 11.8 Å². The molecule has 1 fully saturated rings. The van der Waals surface area contributed by atoms with Gasteiger partial charge in [-0.3, -0.25) is 0 Å². The molecule has 0 aliphatic heterocycles. The molecule has 0 spiro atoms. The average Bonchev–Trinajstić information content (AvgIpc) is 2.63. The number of alkyl halides is 1. The first kappa shape index (κ1) is 17.7. The van der Waals surface area contributed by atoms with Crippen LogP contribution in [0.3, 0.4) is 0 Å². The zero-order valence-electron chi connectivity index (χ0n) is 14.3. The van der Waals surface area contributed by atoms with Gasteiger partial charge in [-0.15, -0.1) is 11.6 Å². The van der Waals surface area contributed by atoms with Crippen molar-refractivity contribution in [3.8, 4) is 0 Å². The third-order valence-electron chi connectivity index (χ3n) is 5.59. The van der Waals surface area contributed by atoms with E-state index in [4.69, 9.17) is 16.3 Å². The Labute approximate surface area is 149 Å². The molecule has 0 radical (unpaired) electrons. The van der Waals surface area contributed by atoms with E-state index in [1.165, 1.54) is 0 Å². The number of hydrogen-bond donors (Lipinski definition) is 0. The first-order valence-corrected chi connectivity index (χ1v) is 9.31. The van der Waals surface area contributed by atoms with Gasteiger partial charge in [0.1, 0.15) is 10.7 Å². The lowest BCUT2D eigenvalue weighted by Crippen LogP contribution is -2.35. The molecule has 3 rings (SSSR count). The van der Waals surface area contributed by atoms with E-state index in [9.17, 15) is 4.39 Å². The lowest BCUT2D eigenvalue weighted by Gasteiger charge is -2.39. The van der Waals surface area contributed by atoms with Crippen molar-refractivity contribution in [3.05, 3.63) is 60.0 Å². The summed E-state index contributed by atoms with van der Waals surface area (Å²) in [6.45, 7) is 0.814. The lowest BCUT2D eigenvalue weighted by atomic mass is 9.72. The molecule has 1 nitrogen and oxygen atoms in total. The zero-order valence-corrected chi connectivity index (χ0v) is 15.0. The number of ether oxygens (including phenoxy) is 1. The number of hydrogen-bond acceptors (Lipinski definition) is 1. The predicted molar refractivity (Wildman–Crippen MR) is 98.0 cm³/mol. The topological polar surface area (TPSA) is 9.23 Å². The maximum atomic E-state index is 14.9. The van der Waals surface area contributed by atoms with Gasteiger partial charge in [0.25, 0.3) is 0 Å². The molecule has 2 aliphatic carbocycles. The molecule has 24 heavy (non-hydrogen) atoms. The minimum atomic E-state index is -0.947. The van der Waals surface area contributed by atoms with Gasteiger partial charge in [0, 0.05) is 19.6 Å². The fraction of sp³-hybridized carbons (Fsp3) is 0.524. The molecule has 0 aromatic heterocycles. The Balaban J connectivity index is 1.66. The highest BCUT2D eigenvalue weighted by molar-refractivity contribution is 6.27. The first-order chi connectivity index (χ1) is 11.6. The SMILES string of the molecule is COCCC1CCC(C2(Cl)C=CC(c3ccccc3)C=C2F)CC1. The van der Waals surface area contributed by atoms with E-state index in [0.717, 1.165) is 44.3 Å². The van der Waals surface area contributed by atoms with Crippen LogP contribution in [0.4, 0.5) is 4.39 Å². The molecule has 0 N–H and O–H groups in total. The second-order valence-electron chi connectivity index (χ2n) is 7.08. The summed E-state index contributed by atoms with van der Waals surface area (Å²) in [6.07, 6.45) is 11.0. The molecule has 1 aromatic rings. The minimum absolute atomic E-state index is 0.0175. The van der Waals surface area contributed by atoms with Gasteiger partial charge in [-0.25, -0.2) is 4.39 Å². The van der Waals surface area contributed by atoms with Crippen LogP contribution in [0.25, 0.3) is 0 Å². The van der Waals surface area contributed by atoms with Crippen LogP contribution in [0.5, 0.6) is 0 Å². The van der Waals surface area contributed by atoms with Gasteiger partial charge in [-0.2, -0.15) is 0 Å². The molecule has 2 unspecified atom stereocenters. The largest absolute Gasteiger partial charge is 0.385 e. The molecule has 0 amide bonds. The highest BCUT2D eigenvalue weighted by Gasteiger charge is 2.42. The zero-order chi connectivity index (χ0) is 17.0. The van der Waals surface area contributed by atoms with E-state index in [1.54, 1.807) is 13.2 Å². The standard InChI is InChI=1S/C21H26ClFO/c1-24-14-12-16-7-9-19(10-8-16)21(22)13-11-18(15-20(21)23)17-5-3-2-4-6-17/h2-6,11,13,15-16,18-19H,7-10,12,14H2,1H3. The fourth-order valence-corrected chi connectivity index (χ4v) is 4.39. The fourth-order valence-electron chi connectivity index (χ4n) is 4.03. The minimum Gasteiger partial charge on any atom is -0.385 e. The summed E-state index contributed by atoms with van der Waals surface area (Å²) < 4.78 is 20.1. The Hall–Kier alpha value is -1.12. The van der Waals surface area contributed by atoms with Crippen molar-refractivity contribution in [1.82, 2.24) is 0 Å². The quantitative estimate of drug-likeness (QED) is 0.467. The number of halogens is 2. The Morgan fingerprint density at radius 1 is 1.17 bits per heavy atom. The molecule has 1 saturated carbocycles. The second kappa shape index (κ2) is 7.84. The maximum Gasteiger partial charge on any atom is 0.122 e. The van der Waals surface area contributed by atoms with E-state index >= 15 is 0 Å². The molecule has 130 valence electrons. The summed E-state index contributed by atoms with van der Waals surface area (Å²) in [7, 11) is 1.75. The molecule has 3 heteroatoms. The Kier molecular flexibility index (Phi) is 5.78. The van der Waals surface area contributed by atoms with Crippen LogP contribution in [-0.4, -0.2) is 18.6 Å². The Bertz CT molecular complexity index is 589. The average molecular weight is 349 g/mol. The predicted octanol–water partition coefficient (Wildman–Crippen LogP) is 6.01. The monoisotopic (exact) mass is 348 g/mol. The summed E-state index contributed by atoms with van der Waals surface area (Å²) in [6, 6.07) is 10.0. The van der Waals surface area contributed by atoms with Gasteiger partial charge in [-0.05, 0) is 42.7 Å². The van der Waals surface area contributed by atoms with Gasteiger partial charge >= 0.3 is 0 Å². The second-order valence-corrected chi connectivity index (χ2v) is 7.70. The van der Waals surface area contributed by atoms with E-state index in [1.807, 2.05) is 36.4 Å². The summed E-state index contributed by atoms with van der Waals surface area (Å²) in [5.74, 6) is 0.678. The van der Waals surface area contributed by atoms with Crippen molar-refractivity contribution in [2.24, 2.45) is 11.8 Å². The highest BCUT2D eigenvalue weighted by Crippen LogP contribution is 2.48. The summed E-state index contributed by atoms with van der Waals surface area (Å²) in [5.41, 5.74) is 1.10. The molecule has 1 aromatic carbocycles. The van der Waals surface area contributed by atoms with Crippen LogP contribution in [0.2, 0.25) is 0 Å². The van der Waals surface area contributed by atoms with Crippen molar-refractivity contribution >= 4 is 11.6 Å². The number of methoxy groups -OCH3 is 1. The highest BCUT2D eigenvalue weighted by atomic mass is 35.5. The molecule has 0 bridgehead atoms.